The molecule has 0 fully saturated rings. The van der Waals surface area contributed by atoms with Crippen LogP contribution in [0.5, 0.6) is 0 Å². The zero-order chi connectivity index (χ0) is 19.0. The molecule has 1 N–H and O–H groups in total. The summed E-state index contributed by atoms with van der Waals surface area (Å²) in [5.74, 6) is 0. The molecule has 27 heavy (non-hydrogen) atoms. The number of non-ortho nitro benzene ring substituents is 1. The van der Waals surface area contributed by atoms with Crippen LogP contribution in [0.1, 0.15) is 5.56 Å². The van der Waals surface area contributed by atoms with Crippen molar-refractivity contribution < 1.29 is 4.92 Å². The molecule has 0 spiro atoms. The smallest absolute Gasteiger partial charge is 0.273 e. The van der Waals surface area contributed by atoms with E-state index in [1.54, 1.807) is 6.07 Å². The third-order valence-corrected chi connectivity index (χ3v) is 4.35. The van der Waals surface area contributed by atoms with E-state index in [4.69, 9.17) is 0 Å². The van der Waals surface area contributed by atoms with E-state index in [2.05, 4.69) is 4.98 Å². The van der Waals surface area contributed by atoms with Gasteiger partial charge in [-0.2, -0.15) is 5.26 Å². The first kappa shape index (κ1) is 16.3. The normalized spacial score (nSPS) is 10.6. The maximum atomic E-state index is 12.8. The van der Waals surface area contributed by atoms with Crippen molar-refractivity contribution in [3.8, 4) is 23.0 Å². The summed E-state index contributed by atoms with van der Waals surface area (Å²) in [7, 11) is 0. The van der Waals surface area contributed by atoms with Gasteiger partial charge >= 0.3 is 0 Å². The Kier molecular flexibility index (Phi) is 3.79. The number of nitriles is 1. The Morgan fingerprint density at radius 1 is 1.07 bits per heavy atom. The molecule has 0 unspecified atom stereocenters. The van der Waals surface area contributed by atoms with Gasteiger partial charge in [0.2, 0.25) is 0 Å². The van der Waals surface area contributed by atoms with Crippen LogP contribution in [0.3, 0.4) is 0 Å². The van der Waals surface area contributed by atoms with Crippen LogP contribution in [0, 0.1) is 21.4 Å². The van der Waals surface area contributed by atoms with Crippen LogP contribution < -0.4 is 5.56 Å². The van der Waals surface area contributed by atoms with Gasteiger partial charge in [-0.05, 0) is 36.4 Å². The highest BCUT2D eigenvalue weighted by molar-refractivity contribution is 5.86. The Labute approximate surface area is 152 Å². The molecule has 0 bridgehead atoms. The molecule has 0 aliphatic heterocycles. The van der Waals surface area contributed by atoms with E-state index < -0.39 is 10.5 Å². The topological polar surface area (TPSA) is 105 Å². The SMILES string of the molecule is N#Cc1cc2ccc(-c3ccc[nH]3)cc2n(-c2ccc([N+](=O)[O-])cc2)c1=O. The van der Waals surface area contributed by atoms with Crippen LogP contribution in [-0.2, 0) is 0 Å². The number of nitro benzene ring substituents is 1. The van der Waals surface area contributed by atoms with Gasteiger partial charge in [0.05, 0.1) is 10.4 Å². The molecule has 2 aromatic carbocycles. The van der Waals surface area contributed by atoms with Crippen molar-refractivity contribution in [3.05, 3.63) is 92.9 Å². The average Bonchev–Trinajstić information content (AvgIpc) is 3.22. The lowest BCUT2D eigenvalue weighted by Gasteiger charge is -2.12. The molecular weight excluding hydrogens is 344 g/mol. The molecule has 0 atom stereocenters. The van der Waals surface area contributed by atoms with E-state index in [1.165, 1.54) is 28.8 Å². The summed E-state index contributed by atoms with van der Waals surface area (Å²) in [6.07, 6.45) is 1.81. The Bertz CT molecular complexity index is 1260. The molecule has 7 nitrogen and oxygen atoms in total. The summed E-state index contributed by atoms with van der Waals surface area (Å²) in [5.41, 5.74) is 2.31. The van der Waals surface area contributed by atoms with Gasteiger partial charge in [-0.15, -0.1) is 0 Å². The number of hydrogen-bond donors (Lipinski definition) is 1. The number of rotatable bonds is 3. The number of hydrogen-bond acceptors (Lipinski definition) is 4. The van der Waals surface area contributed by atoms with E-state index in [1.807, 2.05) is 42.6 Å². The Morgan fingerprint density at radius 2 is 1.85 bits per heavy atom. The Morgan fingerprint density at radius 3 is 2.48 bits per heavy atom. The number of H-pyrrole nitrogens is 1. The maximum Gasteiger partial charge on any atom is 0.273 e. The number of aromatic nitrogens is 2. The molecule has 0 saturated carbocycles. The highest BCUT2D eigenvalue weighted by Crippen LogP contribution is 2.25. The fraction of sp³-hybridized carbons (Fsp3) is 0. The fourth-order valence-electron chi connectivity index (χ4n) is 3.04. The lowest BCUT2D eigenvalue weighted by atomic mass is 10.1. The molecule has 2 heterocycles. The number of nitrogens with zero attached hydrogens (tertiary/aromatic N) is 3. The molecule has 7 heteroatoms. The minimum Gasteiger partial charge on any atom is -0.361 e. The Hall–Kier alpha value is -4.18. The van der Waals surface area contributed by atoms with E-state index in [-0.39, 0.29) is 11.3 Å². The lowest BCUT2D eigenvalue weighted by Crippen LogP contribution is -2.21. The van der Waals surface area contributed by atoms with Gasteiger partial charge in [0.15, 0.2) is 0 Å². The van der Waals surface area contributed by atoms with Gasteiger partial charge in [0, 0.05) is 40.7 Å². The maximum absolute atomic E-state index is 12.8. The van der Waals surface area contributed by atoms with Gasteiger partial charge in [-0.25, -0.2) is 0 Å². The van der Waals surface area contributed by atoms with Crippen LogP contribution in [-0.4, -0.2) is 14.5 Å². The monoisotopic (exact) mass is 356 g/mol. The molecule has 0 amide bonds. The van der Waals surface area contributed by atoms with Gasteiger partial charge in [-0.3, -0.25) is 19.5 Å². The highest BCUT2D eigenvalue weighted by atomic mass is 16.6. The summed E-state index contributed by atoms with van der Waals surface area (Å²) >= 11 is 0. The summed E-state index contributed by atoms with van der Waals surface area (Å²) in [4.78, 5) is 26.3. The van der Waals surface area contributed by atoms with Crippen molar-refractivity contribution in [2.45, 2.75) is 0 Å². The van der Waals surface area contributed by atoms with Crippen LogP contribution in [0.2, 0.25) is 0 Å². The molecular formula is C20H12N4O3. The number of fused-ring (bicyclic) bond motifs is 1. The van der Waals surface area contributed by atoms with Gasteiger partial charge < -0.3 is 4.98 Å². The van der Waals surface area contributed by atoms with Crippen molar-refractivity contribution in [2.24, 2.45) is 0 Å². The molecule has 4 aromatic rings. The highest BCUT2D eigenvalue weighted by Gasteiger charge is 2.13. The second kappa shape index (κ2) is 6.28. The first-order chi connectivity index (χ1) is 13.1. The van der Waals surface area contributed by atoms with Crippen molar-refractivity contribution in [2.75, 3.05) is 0 Å². The summed E-state index contributed by atoms with van der Waals surface area (Å²) in [6.45, 7) is 0. The number of nitro groups is 1. The third-order valence-electron chi connectivity index (χ3n) is 4.35. The van der Waals surface area contributed by atoms with Crippen LogP contribution in [0.15, 0.2) is 71.7 Å². The summed E-state index contributed by atoms with van der Waals surface area (Å²) < 4.78 is 1.41. The van der Waals surface area contributed by atoms with Gasteiger partial charge in [0.25, 0.3) is 11.2 Å². The van der Waals surface area contributed by atoms with Crippen molar-refractivity contribution in [1.29, 1.82) is 5.26 Å². The van der Waals surface area contributed by atoms with Crippen LogP contribution >= 0.6 is 0 Å². The summed E-state index contributed by atoms with van der Waals surface area (Å²) in [6, 6.07) is 18.5. The molecule has 0 aliphatic rings. The third kappa shape index (κ3) is 2.75. The minimum absolute atomic E-state index is 0.00785. The zero-order valence-corrected chi connectivity index (χ0v) is 13.9. The predicted molar refractivity (Wildman–Crippen MR) is 101 cm³/mol. The standard InChI is InChI=1S/C20H12N4O3/c21-12-15-10-14-4-3-13(18-2-1-9-22-18)11-19(14)23(20(15)25)16-5-7-17(8-6-16)24(26)27/h1-11,22H. The molecule has 0 radical (unpaired) electrons. The number of pyridine rings is 1. The van der Waals surface area contributed by atoms with E-state index in [9.17, 15) is 20.2 Å². The zero-order valence-electron chi connectivity index (χ0n) is 13.9. The molecule has 0 aliphatic carbocycles. The van der Waals surface area contributed by atoms with E-state index in [0.29, 0.717) is 11.2 Å². The predicted octanol–water partition coefficient (Wildman–Crippen LogP) is 3.77. The van der Waals surface area contributed by atoms with Crippen molar-refractivity contribution in [1.82, 2.24) is 9.55 Å². The first-order valence-corrected chi connectivity index (χ1v) is 8.07. The van der Waals surface area contributed by atoms with Crippen LogP contribution in [0.25, 0.3) is 27.8 Å². The second-order valence-corrected chi connectivity index (χ2v) is 5.94. The van der Waals surface area contributed by atoms with E-state index >= 15 is 0 Å². The van der Waals surface area contributed by atoms with E-state index in [0.717, 1.165) is 16.6 Å². The largest absolute Gasteiger partial charge is 0.361 e. The van der Waals surface area contributed by atoms with Crippen LogP contribution in [0.4, 0.5) is 5.69 Å². The molecule has 0 saturated heterocycles. The number of nitrogens with one attached hydrogen (secondary N) is 1. The van der Waals surface area contributed by atoms with Gasteiger partial charge in [0.1, 0.15) is 11.6 Å². The fourth-order valence-corrected chi connectivity index (χ4v) is 3.04. The van der Waals surface area contributed by atoms with Gasteiger partial charge in [-0.1, -0.05) is 12.1 Å². The molecule has 2 aromatic heterocycles. The first-order valence-electron chi connectivity index (χ1n) is 8.07. The van der Waals surface area contributed by atoms with Crippen molar-refractivity contribution >= 4 is 16.6 Å². The minimum atomic E-state index is -0.500. The van der Waals surface area contributed by atoms with Crippen molar-refractivity contribution in [3.63, 3.8) is 0 Å². The quantitative estimate of drug-likeness (QED) is 0.445. The average molecular weight is 356 g/mol. The Balaban J connectivity index is 2.02. The summed E-state index contributed by atoms with van der Waals surface area (Å²) in [5, 5.41) is 20.9. The number of benzene rings is 2. The second-order valence-electron chi connectivity index (χ2n) is 5.94. The molecule has 130 valence electrons. The molecule has 4 rings (SSSR count). The lowest BCUT2D eigenvalue weighted by molar-refractivity contribution is -0.384. The number of aromatic amines is 1.